The van der Waals surface area contributed by atoms with Gasteiger partial charge in [0.25, 0.3) is 6.71 Å². The Morgan fingerprint density at radius 1 is 0.361 bits per heavy atom. The molecule has 392 valence electrons. The Bertz CT molecular complexity index is 4870. The molecule has 0 atom stereocenters. The maximum absolute atomic E-state index is 6.69. The largest absolute Gasteiger partial charge is 0.456 e. The van der Waals surface area contributed by atoms with Crippen molar-refractivity contribution in [3.8, 4) is 45.1 Å². The van der Waals surface area contributed by atoms with E-state index in [0.29, 0.717) is 0 Å². The SMILES string of the molecule is Cc1ccccc1N1c2ccccc2B2c3ccc(-c4cc5ccccc5o4)cc3N(c3cccc(-c4cc5ccccc5o4)c3)c3cc(N(c4ccc(-c5cc6ccccc6o5)cc4)c4ccc5c(c4)C(C)(C)c4ccccc4-5)cc1c32. The molecule has 0 fully saturated rings. The molecule has 2 aliphatic heterocycles. The van der Waals surface area contributed by atoms with Crippen LogP contribution >= 0.6 is 0 Å². The van der Waals surface area contributed by atoms with Crippen LogP contribution in [0, 0.1) is 6.92 Å². The van der Waals surface area contributed by atoms with Gasteiger partial charge in [0.15, 0.2) is 0 Å². The van der Waals surface area contributed by atoms with Crippen molar-refractivity contribution in [1.29, 1.82) is 0 Å². The second-order valence-electron chi connectivity index (χ2n) is 22.9. The Labute approximate surface area is 481 Å². The lowest BCUT2D eigenvalue weighted by Crippen LogP contribution is -2.61. The molecule has 0 saturated carbocycles. The smallest absolute Gasteiger partial charge is 0.252 e. The second kappa shape index (κ2) is 18.0. The molecule has 14 aromatic rings. The van der Waals surface area contributed by atoms with Crippen LogP contribution in [0.3, 0.4) is 0 Å². The Morgan fingerprint density at radius 2 is 0.904 bits per heavy atom. The highest BCUT2D eigenvalue weighted by Gasteiger charge is 2.45. The lowest BCUT2D eigenvalue weighted by atomic mass is 9.33. The number of hydrogen-bond acceptors (Lipinski definition) is 6. The molecule has 3 aliphatic rings. The van der Waals surface area contributed by atoms with E-state index in [2.05, 4.69) is 260 Å². The number of fused-ring (bicyclic) bond motifs is 10. The number of furan rings is 3. The Balaban J connectivity index is 0.950. The summed E-state index contributed by atoms with van der Waals surface area (Å²) in [4.78, 5) is 7.49. The number of rotatable bonds is 8. The molecule has 3 aromatic heterocycles. The summed E-state index contributed by atoms with van der Waals surface area (Å²) in [6.07, 6.45) is 0. The molecule has 83 heavy (non-hydrogen) atoms. The lowest BCUT2D eigenvalue weighted by Gasteiger charge is -2.45. The molecule has 0 bridgehead atoms. The van der Waals surface area contributed by atoms with E-state index in [0.717, 1.165) is 118 Å². The summed E-state index contributed by atoms with van der Waals surface area (Å²) in [6.45, 7) is 6.83. The Kier molecular flexibility index (Phi) is 10.3. The van der Waals surface area contributed by atoms with Crippen molar-refractivity contribution in [2.24, 2.45) is 0 Å². The molecule has 0 spiro atoms. The quantitative estimate of drug-likeness (QED) is 0.141. The van der Waals surface area contributed by atoms with Gasteiger partial charge in [-0.05, 0) is 166 Å². The van der Waals surface area contributed by atoms with E-state index in [1.54, 1.807) is 0 Å². The van der Waals surface area contributed by atoms with Crippen molar-refractivity contribution in [3.63, 3.8) is 0 Å². The summed E-state index contributed by atoms with van der Waals surface area (Å²) in [5.74, 6) is 2.46. The summed E-state index contributed by atoms with van der Waals surface area (Å²) in [5.41, 5.74) is 25.0. The number of anilines is 9. The van der Waals surface area contributed by atoms with Gasteiger partial charge in [-0.3, -0.25) is 0 Å². The zero-order chi connectivity index (χ0) is 55.1. The highest BCUT2D eigenvalue weighted by molar-refractivity contribution is 7.00. The van der Waals surface area contributed by atoms with Gasteiger partial charge >= 0.3 is 0 Å². The van der Waals surface area contributed by atoms with Crippen molar-refractivity contribution < 1.29 is 13.3 Å². The minimum atomic E-state index is -0.234. The number of hydrogen-bond donors (Lipinski definition) is 0. The van der Waals surface area contributed by atoms with Crippen LogP contribution in [0.5, 0.6) is 0 Å². The summed E-state index contributed by atoms with van der Waals surface area (Å²) < 4.78 is 19.8. The molecule has 1 aliphatic carbocycles. The van der Waals surface area contributed by atoms with Crippen molar-refractivity contribution in [2.45, 2.75) is 26.2 Å². The van der Waals surface area contributed by atoms with Crippen LogP contribution in [0.4, 0.5) is 51.2 Å². The fourth-order valence-corrected chi connectivity index (χ4v) is 13.8. The van der Waals surface area contributed by atoms with E-state index in [9.17, 15) is 0 Å². The molecule has 6 nitrogen and oxygen atoms in total. The van der Waals surface area contributed by atoms with Crippen LogP contribution in [0.15, 0.2) is 274 Å². The Morgan fingerprint density at radius 3 is 1.59 bits per heavy atom. The van der Waals surface area contributed by atoms with Crippen LogP contribution in [-0.2, 0) is 5.41 Å². The summed E-state index contributed by atoms with van der Waals surface area (Å²) in [5, 5.41) is 3.21. The predicted octanol–water partition coefficient (Wildman–Crippen LogP) is 19.1. The number of para-hydroxylation sites is 5. The molecular formula is C76H52BN3O3. The first-order valence-corrected chi connectivity index (χ1v) is 28.6. The third-order valence-electron chi connectivity index (χ3n) is 17.8. The zero-order valence-corrected chi connectivity index (χ0v) is 46.0. The standard InChI is InChI=1S/C76H52BN3O3/c1-47-17-4-11-26-64(47)80-65-27-12-10-25-62(65)77-63-38-33-53(74-43-52-20-7-15-30-71(52)83-74)40-66(63)79(55-22-16-21-49(39-55)73-42-51-19-6-14-29-70(51)82-73)67-45-57(46-68(80)75(67)77)78(54-34-31-48(32-35-54)72-41-50-18-5-13-28-69(50)81-72)56-36-37-59-58-23-8-9-24-60(58)76(2,3)61(59)44-56/h4-46H,1-3H3. The van der Waals surface area contributed by atoms with Crippen molar-refractivity contribution in [2.75, 3.05) is 14.7 Å². The molecule has 5 heterocycles. The molecule has 17 rings (SSSR count). The van der Waals surface area contributed by atoms with Crippen molar-refractivity contribution in [1.82, 2.24) is 0 Å². The van der Waals surface area contributed by atoms with E-state index in [1.165, 1.54) is 44.2 Å². The number of benzene rings is 11. The molecular weight excluding hydrogens is 1010 g/mol. The van der Waals surface area contributed by atoms with Gasteiger partial charge in [-0.2, -0.15) is 0 Å². The second-order valence-corrected chi connectivity index (χ2v) is 22.9. The van der Waals surface area contributed by atoms with Gasteiger partial charge in [0.05, 0.1) is 5.69 Å². The molecule has 0 radical (unpaired) electrons. The fraction of sp³-hybridized carbons (Fsp3) is 0.0526. The van der Waals surface area contributed by atoms with Gasteiger partial charge in [-0.25, -0.2) is 0 Å². The average molecular weight is 1070 g/mol. The third kappa shape index (κ3) is 7.30. The highest BCUT2D eigenvalue weighted by atomic mass is 16.3. The summed E-state index contributed by atoms with van der Waals surface area (Å²) >= 11 is 0. The van der Waals surface area contributed by atoms with E-state index < -0.39 is 0 Å². The first-order chi connectivity index (χ1) is 40.8. The molecule has 7 heteroatoms. The number of nitrogens with zero attached hydrogens (tertiary/aromatic N) is 3. The normalized spacial score (nSPS) is 13.5. The van der Waals surface area contributed by atoms with Gasteiger partial charge < -0.3 is 28.0 Å². The minimum Gasteiger partial charge on any atom is -0.456 e. The average Bonchev–Trinajstić information content (AvgIpc) is 3.67. The maximum Gasteiger partial charge on any atom is 0.252 e. The summed E-state index contributed by atoms with van der Waals surface area (Å²) in [7, 11) is 0. The van der Waals surface area contributed by atoms with E-state index in [-0.39, 0.29) is 12.1 Å². The van der Waals surface area contributed by atoms with Crippen molar-refractivity contribution >= 4 is 107 Å². The maximum atomic E-state index is 6.69. The number of aryl methyl sites for hydroxylation is 1. The molecule has 11 aromatic carbocycles. The summed E-state index contributed by atoms with van der Waals surface area (Å²) in [6, 6.07) is 94.6. The van der Waals surface area contributed by atoms with Gasteiger partial charge in [-0.15, -0.1) is 0 Å². The van der Waals surface area contributed by atoms with Crippen molar-refractivity contribution in [3.05, 3.63) is 278 Å². The zero-order valence-electron chi connectivity index (χ0n) is 46.0. The topological polar surface area (TPSA) is 49.1 Å². The van der Waals surface area contributed by atoms with E-state index in [1.807, 2.05) is 36.4 Å². The molecule has 0 amide bonds. The van der Waals surface area contributed by atoms with Crippen LogP contribution < -0.4 is 31.1 Å². The molecule has 0 unspecified atom stereocenters. The third-order valence-corrected chi connectivity index (χ3v) is 17.8. The first kappa shape index (κ1) is 47.3. The minimum absolute atomic E-state index is 0.129. The molecule has 0 saturated heterocycles. The van der Waals surface area contributed by atoms with Gasteiger partial charge in [0, 0.05) is 83.8 Å². The first-order valence-electron chi connectivity index (χ1n) is 28.6. The van der Waals surface area contributed by atoms with Gasteiger partial charge in [0.1, 0.15) is 34.0 Å². The Hall–Kier alpha value is -10.5. The van der Waals surface area contributed by atoms with Gasteiger partial charge in [0.2, 0.25) is 0 Å². The fourth-order valence-electron chi connectivity index (χ4n) is 13.8. The predicted molar refractivity (Wildman–Crippen MR) is 343 cm³/mol. The van der Waals surface area contributed by atoms with E-state index in [4.69, 9.17) is 13.3 Å². The molecule has 0 N–H and O–H groups in total. The lowest BCUT2D eigenvalue weighted by molar-refractivity contribution is 0.631. The van der Waals surface area contributed by atoms with Crippen LogP contribution in [0.25, 0.3) is 78.0 Å². The van der Waals surface area contributed by atoms with Crippen LogP contribution in [-0.4, -0.2) is 6.71 Å². The highest BCUT2D eigenvalue weighted by Crippen LogP contribution is 2.53. The van der Waals surface area contributed by atoms with Gasteiger partial charge in [-0.1, -0.05) is 159 Å². The van der Waals surface area contributed by atoms with E-state index >= 15 is 0 Å². The van der Waals surface area contributed by atoms with Crippen LogP contribution in [0.1, 0.15) is 30.5 Å². The monoisotopic (exact) mass is 1070 g/mol. The van der Waals surface area contributed by atoms with Crippen LogP contribution in [0.2, 0.25) is 0 Å².